The SMILES string of the molecule is CCC(=O)N1CCc2cc(C(=O)NCC(=O)Nc3c(C)cc(C)cc3C)ccc21. The lowest BCUT2D eigenvalue weighted by molar-refractivity contribution is -0.118. The van der Waals surface area contributed by atoms with Gasteiger partial charge in [0, 0.05) is 29.9 Å². The maximum Gasteiger partial charge on any atom is 0.251 e. The first-order valence-electron chi connectivity index (χ1n) is 9.89. The van der Waals surface area contributed by atoms with Crippen LogP contribution in [0.3, 0.4) is 0 Å². The fraction of sp³-hybridized carbons (Fsp3) is 0.348. The molecule has 0 saturated heterocycles. The van der Waals surface area contributed by atoms with E-state index in [0.29, 0.717) is 18.5 Å². The van der Waals surface area contributed by atoms with Crippen molar-refractivity contribution in [2.24, 2.45) is 0 Å². The molecule has 0 aliphatic carbocycles. The maximum absolute atomic E-state index is 12.5. The molecule has 2 aromatic carbocycles. The molecule has 1 heterocycles. The zero-order valence-electron chi connectivity index (χ0n) is 17.4. The summed E-state index contributed by atoms with van der Waals surface area (Å²) in [4.78, 5) is 38.5. The summed E-state index contributed by atoms with van der Waals surface area (Å²) in [7, 11) is 0. The Morgan fingerprint density at radius 3 is 2.38 bits per heavy atom. The standard InChI is InChI=1S/C23H27N3O3/c1-5-21(28)26-9-8-17-12-18(6-7-19(17)26)23(29)24-13-20(27)25-22-15(3)10-14(2)11-16(22)4/h6-7,10-12H,5,8-9,13H2,1-4H3,(H,24,29)(H,25,27). The monoisotopic (exact) mass is 393 g/mol. The minimum absolute atomic E-state index is 0.0827. The summed E-state index contributed by atoms with van der Waals surface area (Å²) >= 11 is 0. The summed E-state index contributed by atoms with van der Waals surface area (Å²) in [6.07, 6.45) is 1.19. The second kappa shape index (κ2) is 8.47. The zero-order chi connectivity index (χ0) is 21.1. The van der Waals surface area contributed by atoms with Gasteiger partial charge < -0.3 is 15.5 Å². The molecule has 1 aliphatic heterocycles. The first kappa shape index (κ1) is 20.6. The second-order valence-corrected chi connectivity index (χ2v) is 7.50. The molecule has 0 radical (unpaired) electrons. The fourth-order valence-corrected chi connectivity index (χ4v) is 3.82. The highest BCUT2D eigenvalue weighted by atomic mass is 16.2. The van der Waals surface area contributed by atoms with Crippen LogP contribution >= 0.6 is 0 Å². The summed E-state index contributed by atoms with van der Waals surface area (Å²) in [5.41, 5.74) is 6.26. The van der Waals surface area contributed by atoms with E-state index < -0.39 is 0 Å². The Balaban J connectivity index is 1.62. The van der Waals surface area contributed by atoms with Gasteiger partial charge in [-0.1, -0.05) is 24.6 Å². The van der Waals surface area contributed by atoms with Gasteiger partial charge in [-0.2, -0.15) is 0 Å². The summed E-state index contributed by atoms with van der Waals surface area (Å²) in [5, 5.41) is 5.56. The number of anilines is 2. The Morgan fingerprint density at radius 2 is 1.72 bits per heavy atom. The Bertz CT molecular complexity index is 958. The van der Waals surface area contributed by atoms with Gasteiger partial charge in [-0.25, -0.2) is 0 Å². The van der Waals surface area contributed by atoms with Crippen molar-refractivity contribution in [3.63, 3.8) is 0 Å². The highest BCUT2D eigenvalue weighted by Gasteiger charge is 2.24. The van der Waals surface area contributed by atoms with Gasteiger partial charge in [-0.05, 0) is 62.1 Å². The highest BCUT2D eigenvalue weighted by molar-refractivity contribution is 6.01. The number of carbonyl (C=O) groups is 3. The lowest BCUT2D eigenvalue weighted by Gasteiger charge is -2.16. The van der Waals surface area contributed by atoms with Gasteiger partial charge in [0.15, 0.2) is 0 Å². The molecule has 6 nitrogen and oxygen atoms in total. The fourth-order valence-electron chi connectivity index (χ4n) is 3.82. The number of rotatable bonds is 5. The van der Waals surface area contributed by atoms with Crippen LogP contribution in [-0.2, 0) is 16.0 Å². The molecule has 0 unspecified atom stereocenters. The minimum Gasteiger partial charge on any atom is -0.343 e. The van der Waals surface area contributed by atoms with Gasteiger partial charge >= 0.3 is 0 Å². The normalized spacial score (nSPS) is 12.5. The summed E-state index contributed by atoms with van der Waals surface area (Å²) < 4.78 is 0. The van der Waals surface area contributed by atoms with Crippen LogP contribution in [0.5, 0.6) is 0 Å². The van der Waals surface area contributed by atoms with Crippen LogP contribution in [0.2, 0.25) is 0 Å². The highest BCUT2D eigenvalue weighted by Crippen LogP contribution is 2.29. The third kappa shape index (κ3) is 4.47. The van der Waals surface area contributed by atoms with E-state index in [1.54, 1.807) is 17.0 Å². The van der Waals surface area contributed by atoms with Crippen LogP contribution in [0.1, 0.15) is 46.0 Å². The number of nitrogens with one attached hydrogen (secondary N) is 2. The largest absolute Gasteiger partial charge is 0.343 e. The first-order chi connectivity index (χ1) is 13.8. The molecule has 6 heteroatoms. The van der Waals surface area contributed by atoms with E-state index in [9.17, 15) is 14.4 Å². The molecule has 3 rings (SSSR count). The van der Waals surface area contributed by atoms with Crippen LogP contribution in [0.4, 0.5) is 11.4 Å². The smallest absolute Gasteiger partial charge is 0.251 e. The number of fused-ring (bicyclic) bond motifs is 1. The average Bonchev–Trinajstić information content (AvgIpc) is 3.11. The number of benzene rings is 2. The molecule has 0 saturated carbocycles. The molecule has 0 atom stereocenters. The number of hydrogen-bond donors (Lipinski definition) is 2. The van der Waals surface area contributed by atoms with Crippen molar-refractivity contribution in [1.82, 2.24) is 5.32 Å². The van der Waals surface area contributed by atoms with E-state index in [4.69, 9.17) is 0 Å². The lowest BCUT2D eigenvalue weighted by atomic mass is 10.1. The number of carbonyl (C=O) groups excluding carboxylic acids is 3. The number of hydrogen-bond acceptors (Lipinski definition) is 3. The van der Waals surface area contributed by atoms with Crippen molar-refractivity contribution >= 4 is 29.1 Å². The minimum atomic E-state index is -0.305. The molecule has 2 aromatic rings. The molecule has 2 N–H and O–H groups in total. The molecule has 29 heavy (non-hydrogen) atoms. The molecule has 3 amide bonds. The summed E-state index contributed by atoms with van der Waals surface area (Å²) in [5.74, 6) is -0.492. The van der Waals surface area contributed by atoms with Crippen LogP contribution in [-0.4, -0.2) is 30.8 Å². The Kier molecular flexibility index (Phi) is 6.01. The van der Waals surface area contributed by atoms with Crippen molar-refractivity contribution < 1.29 is 14.4 Å². The van der Waals surface area contributed by atoms with Crippen molar-refractivity contribution in [3.05, 3.63) is 58.1 Å². The zero-order valence-corrected chi connectivity index (χ0v) is 17.4. The Labute approximate surface area is 171 Å². The molecule has 0 bridgehead atoms. The molecule has 1 aliphatic rings. The molecule has 0 spiro atoms. The topological polar surface area (TPSA) is 78.5 Å². The van der Waals surface area contributed by atoms with Crippen molar-refractivity contribution in [1.29, 1.82) is 0 Å². The van der Waals surface area contributed by atoms with E-state index in [2.05, 4.69) is 10.6 Å². The molecule has 152 valence electrons. The second-order valence-electron chi connectivity index (χ2n) is 7.50. The number of aryl methyl sites for hydroxylation is 3. The molecule has 0 aromatic heterocycles. The van der Waals surface area contributed by atoms with Crippen LogP contribution in [0.25, 0.3) is 0 Å². The van der Waals surface area contributed by atoms with Gasteiger partial charge in [0.05, 0.1) is 6.54 Å². The number of amides is 3. The van der Waals surface area contributed by atoms with Crippen molar-refractivity contribution in [2.75, 3.05) is 23.3 Å². The maximum atomic E-state index is 12.5. The van der Waals surface area contributed by atoms with Gasteiger partial charge in [0.25, 0.3) is 5.91 Å². The molecule has 0 fully saturated rings. The van der Waals surface area contributed by atoms with E-state index >= 15 is 0 Å². The van der Waals surface area contributed by atoms with Crippen LogP contribution < -0.4 is 15.5 Å². The van der Waals surface area contributed by atoms with Crippen molar-refractivity contribution in [2.45, 2.75) is 40.5 Å². The predicted molar refractivity (Wildman–Crippen MR) is 114 cm³/mol. The average molecular weight is 393 g/mol. The van der Waals surface area contributed by atoms with Crippen LogP contribution in [0, 0.1) is 20.8 Å². The van der Waals surface area contributed by atoms with Crippen LogP contribution in [0.15, 0.2) is 30.3 Å². The van der Waals surface area contributed by atoms with Gasteiger partial charge in [0.1, 0.15) is 0 Å². The van der Waals surface area contributed by atoms with E-state index in [0.717, 1.165) is 40.0 Å². The van der Waals surface area contributed by atoms with E-state index in [1.807, 2.05) is 45.9 Å². The third-order valence-corrected chi connectivity index (χ3v) is 5.19. The van der Waals surface area contributed by atoms with Gasteiger partial charge in [-0.3, -0.25) is 14.4 Å². The predicted octanol–water partition coefficient (Wildman–Crippen LogP) is 3.28. The number of nitrogens with zero attached hydrogens (tertiary/aromatic N) is 1. The van der Waals surface area contributed by atoms with Gasteiger partial charge in [0.2, 0.25) is 11.8 Å². The molecular formula is C23H27N3O3. The van der Waals surface area contributed by atoms with Crippen molar-refractivity contribution in [3.8, 4) is 0 Å². The van der Waals surface area contributed by atoms with E-state index in [-0.39, 0.29) is 24.3 Å². The first-order valence-corrected chi connectivity index (χ1v) is 9.89. The Hall–Kier alpha value is -3.15. The Morgan fingerprint density at radius 1 is 1.03 bits per heavy atom. The summed E-state index contributed by atoms with van der Waals surface area (Å²) in [6, 6.07) is 9.34. The van der Waals surface area contributed by atoms with E-state index in [1.165, 1.54) is 0 Å². The molecular weight excluding hydrogens is 366 g/mol. The van der Waals surface area contributed by atoms with Gasteiger partial charge in [-0.15, -0.1) is 0 Å². The quantitative estimate of drug-likeness (QED) is 0.818. The lowest BCUT2D eigenvalue weighted by Crippen LogP contribution is -2.33. The summed E-state index contributed by atoms with van der Waals surface area (Å²) in [6.45, 7) is 8.29. The third-order valence-electron chi connectivity index (χ3n) is 5.19.